The Labute approximate surface area is 227 Å². The minimum Gasteiger partial charge on any atom is -0.460 e. The highest BCUT2D eigenvalue weighted by atomic mass is 16.6. The summed E-state index contributed by atoms with van der Waals surface area (Å²) in [5.41, 5.74) is -0.458. The highest BCUT2D eigenvalue weighted by Crippen LogP contribution is 2.10. The van der Waals surface area contributed by atoms with Gasteiger partial charge in [0.05, 0.1) is 79.1 Å². The molecule has 8 heteroatoms. The topological polar surface area (TPSA) is 81.7 Å². The third-order valence-corrected chi connectivity index (χ3v) is 5.37. The number of hydrogen-bond donors (Lipinski definition) is 0. The molecule has 0 aromatic rings. The fourth-order valence-electron chi connectivity index (χ4n) is 3.44. The standard InChI is InChI=1S/C29H58O8/c1-5-6-7-8-9-10-11-12-13-14-16-31-18-20-33-22-24-35-26-27-36-25-23-34-21-19-32-17-15-28(30)37-29(2,3)4/h5-27H2,1-4H3. The summed E-state index contributed by atoms with van der Waals surface area (Å²) in [6.07, 6.45) is 13.7. The van der Waals surface area contributed by atoms with Crippen molar-refractivity contribution in [3.63, 3.8) is 0 Å². The molecular formula is C29H58O8. The van der Waals surface area contributed by atoms with Gasteiger partial charge >= 0.3 is 5.97 Å². The zero-order valence-corrected chi connectivity index (χ0v) is 24.5. The lowest BCUT2D eigenvalue weighted by Crippen LogP contribution is -2.24. The molecule has 0 fully saturated rings. The Bertz CT molecular complexity index is 467. The van der Waals surface area contributed by atoms with Gasteiger partial charge in [-0.25, -0.2) is 0 Å². The summed E-state index contributed by atoms with van der Waals surface area (Å²) in [6.45, 7) is 14.3. The quantitative estimate of drug-likeness (QED) is 0.0888. The smallest absolute Gasteiger partial charge is 0.308 e. The van der Waals surface area contributed by atoms with Crippen LogP contribution in [0.4, 0.5) is 0 Å². The summed E-state index contributed by atoms with van der Waals surface area (Å²) in [7, 11) is 0. The Morgan fingerprint density at radius 3 is 1.16 bits per heavy atom. The van der Waals surface area contributed by atoms with Crippen molar-refractivity contribution in [2.45, 2.75) is 104 Å². The molecule has 0 aromatic carbocycles. The van der Waals surface area contributed by atoms with Crippen molar-refractivity contribution < 1.29 is 38.0 Å². The molecular weight excluding hydrogens is 476 g/mol. The fourth-order valence-corrected chi connectivity index (χ4v) is 3.44. The maximum Gasteiger partial charge on any atom is 0.308 e. The number of carbonyl (C=O) groups is 1. The summed E-state index contributed by atoms with van der Waals surface area (Å²) in [6, 6.07) is 0. The lowest BCUT2D eigenvalue weighted by Gasteiger charge is -2.19. The number of unbranched alkanes of at least 4 members (excludes halogenated alkanes) is 9. The summed E-state index contributed by atoms with van der Waals surface area (Å²) in [5, 5.41) is 0. The summed E-state index contributed by atoms with van der Waals surface area (Å²) < 4.78 is 38.1. The number of carbonyl (C=O) groups excluding carboxylic acids is 1. The zero-order valence-electron chi connectivity index (χ0n) is 24.5. The van der Waals surface area contributed by atoms with E-state index < -0.39 is 5.60 Å². The number of ether oxygens (including phenoxy) is 7. The van der Waals surface area contributed by atoms with Crippen molar-refractivity contribution in [1.82, 2.24) is 0 Å². The summed E-state index contributed by atoms with van der Waals surface area (Å²) >= 11 is 0. The molecule has 0 atom stereocenters. The molecule has 0 aliphatic carbocycles. The van der Waals surface area contributed by atoms with Crippen LogP contribution in [0.1, 0.15) is 98.3 Å². The van der Waals surface area contributed by atoms with Gasteiger partial charge in [-0.1, -0.05) is 64.7 Å². The molecule has 222 valence electrons. The second-order valence-electron chi connectivity index (χ2n) is 10.2. The molecule has 0 aliphatic heterocycles. The molecule has 0 heterocycles. The van der Waals surface area contributed by atoms with Gasteiger partial charge in [0.15, 0.2) is 0 Å². The van der Waals surface area contributed by atoms with Crippen LogP contribution in [0, 0.1) is 0 Å². The van der Waals surface area contributed by atoms with E-state index in [4.69, 9.17) is 33.2 Å². The van der Waals surface area contributed by atoms with Gasteiger partial charge in [-0.2, -0.15) is 0 Å². The second kappa shape index (κ2) is 28.2. The van der Waals surface area contributed by atoms with E-state index in [0.717, 1.165) is 13.0 Å². The highest BCUT2D eigenvalue weighted by Gasteiger charge is 2.15. The van der Waals surface area contributed by atoms with Crippen molar-refractivity contribution in [2.24, 2.45) is 0 Å². The number of esters is 1. The van der Waals surface area contributed by atoms with Crippen molar-refractivity contribution in [1.29, 1.82) is 0 Å². The Morgan fingerprint density at radius 2 is 0.784 bits per heavy atom. The summed E-state index contributed by atoms with van der Waals surface area (Å²) in [5.74, 6) is -0.251. The largest absolute Gasteiger partial charge is 0.460 e. The van der Waals surface area contributed by atoms with Gasteiger partial charge in [0, 0.05) is 6.61 Å². The lowest BCUT2D eigenvalue weighted by atomic mass is 10.1. The van der Waals surface area contributed by atoms with E-state index in [-0.39, 0.29) is 12.4 Å². The molecule has 0 aliphatic rings. The van der Waals surface area contributed by atoms with Gasteiger partial charge in [-0.3, -0.25) is 4.79 Å². The maximum atomic E-state index is 11.5. The Morgan fingerprint density at radius 1 is 0.459 bits per heavy atom. The normalized spacial score (nSPS) is 11.8. The van der Waals surface area contributed by atoms with Crippen molar-refractivity contribution >= 4 is 5.97 Å². The maximum absolute atomic E-state index is 11.5. The first kappa shape index (κ1) is 36.2. The van der Waals surface area contributed by atoms with E-state index in [2.05, 4.69) is 6.92 Å². The fraction of sp³-hybridized carbons (Fsp3) is 0.966. The van der Waals surface area contributed by atoms with Gasteiger partial charge in [-0.05, 0) is 27.2 Å². The van der Waals surface area contributed by atoms with Crippen molar-refractivity contribution in [2.75, 3.05) is 79.3 Å². The molecule has 0 radical (unpaired) electrons. The lowest BCUT2D eigenvalue weighted by molar-refractivity contribution is -0.156. The van der Waals surface area contributed by atoms with Crippen LogP contribution in [0.25, 0.3) is 0 Å². The molecule has 0 spiro atoms. The third-order valence-electron chi connectivity index (χ3n) is 5.37. The van der Waals surface area contributed by atoms with E-state index in [1.807, 2.05) is 20.8 Å². The molecule has 37 heavy (non-hydrogen) atoms. The first-order valence-electron chi connectivity index (χ1n) is 14.6. The molecule has 0 bridgehead atoms. The molecule has 0 aromatic heterocycles. The van der Waals surface area contributed by atoms with Crippen LogP contribution in [0.15, 0.2) is 0 Å². The zero-order chi connectivity index (χ0) is 27.3. The van der Waals surface area contributed by atoms with Gasteiger partial charge in [-0.15, -0.1) is 0 Å². The van der Waals surface area contributed by atoms with Crippen LogP contribution in [-0.4, -0.2) is 90.9 Å². The Kier molecular flexibility index (Phi) is 27.7. The number of hydrogen-bond acceptors (Lipinski definition) is 8. The van der Waals surface area contributed by atoms with Crippen molar-refractivity contribution in [3.8, 4) is 0 Å². The van der Waals surface area contributed by atoms with Crippen LogP contribution in [-0.2, 0) is 38.0 Å². The summed E-state index contributed by atoms with van der Waals surface area (Å²) in [4.78, 5) is 11.5. The van der Waals surface area contributed by atoms with Crippen molar-refractivity contribution in [3.05, 3.63) is 0 Å². The third kappa shape index (κ3) is 33.2. The van der Waals surface area contributed by atoms with Crippen LogP contribution in [0.5, 0.6) is 0 Å². The first-order chi connectivity index (χ1) is 18.0. The SMILES string of the molecule is CCCCCCCCCCCCOCCOCCOCCOCCOCCOCCC(=O)OC(C)(C)C. The van der Waals surface area contributed by atoms with Crippen LogP contribution in [0.2, 0.25) is 0 Å². The molecule has 0 N–H and O–H groups in total. The molecule has 0 unspecified atom stereocenters. The van der Waals surface area contributed by atoms with E-state index in [9.17, 15) is 4.79 Å². The van der Waals surface area contributed by atoms with Gasteiger partial charge in [0.2, 0.25) is 0 Å². The second-order valence-corrected chi connectivity index (χ2v) is 10.2. The van der Waals surface area contributed by atoms with Crippen LogP contribution < -0.4 is 0 Å². The first-order valence-corrected chi connectivity index (χ1v) is 14.6. The van der Waals surface area contributed by atoms with E-state index >= 15 is 0 Å². The average molecular weight is 535 g/mol. The van der Waals surface area contributed by atoms with Crippen LogP contribution >= 0.6 is 0 Å². The predicted octanol–water partition coefficient (Wildman–Crippen LogP) is 5.74. The molecule has 0 saturated carbocycles. The Hall–Kier alpha value is -0.770. The van der Waals surface area contributed by atoms with Gasteiger partial charge < -0.3 is 33.2 Å². The molecule has 0 rings (SSSR count). The predicted molar refractivity (Wildman–Crippen MR) is 147 cm³/mol. The van der Waals surface area contributed by atoms with Gasteiger partial charge in [0.1, 0.15) is 5.60 Å². The average Bonchev–Trinajstić information content (AvgIpc) is 2.84. The molecule has 0 amide bonds. The van der Waals surface area contributed by atoms with E-state index in [1.165, 1.54) is 57.8 Å². The Balaban J connectivity index is 3.09. The highest BCUT2D eigenvalue weighted by molar-refractivity contribution is 5.69. The van der Waals surface area contributed by atoms with Crippen LogP contribution in [0.3, 0.4) is 0 Å². The minimum atomic E-state index is -0.458. The van der Waals surface area contributed by atoms with E-state index in [1.54, 1.807) is 0 Å². The molecule has 8 nitrogen and oxygen atoms in total. The number of rotatable bonds is 29. The molecule has 0 saturated heterocycles. The minimum absolute atomic E-state index is 0.249. The van der Waals surface area contributed by atoms with E-state index in [0.29, 0.717) is 72.7 Å². The van der Waals surface area contributed by atoms with Gasteiger partial charge in [0.25, 0.3) is 0 Å². The monoisotopic (exact) mass is 534 g/mol.